The van der Waals surface area contributed by atoms with Gasteiger partial charge in [0, 0.05) is 37.7 Å². The van der Waals surface area contributed by atoms with Crippen LogP contribution in [0.2, 0.25) is 0 Å². The van der Waals surface area contributed by atoms with Gasteiger partial charge >= 0.3 is 0 Å². The van der Waals surface area contributed by atoms with Crippen molar-refractivity contribution in [3.63, 3.8) is 0 Å². The van der Waals surface area contributed by atoms with Gasteiger partial charge in [-0.25, -0.2) is 4.99 Å². The number of nitrogens with zero attached hydrogens (tertiary/aromatic N) is 5. The summed E-state index contributed by atoms with van der Waals surface area (Å²) in [6, 6.07) is 11.8. The normalized spacial score (nSPS) is 11.1. The van der Waals surface area contributed by atoms with Crippen molar-refractivity contribution >= 4 is 29.9 Å². The maximum Gasteiger partial charge on any atom is 0.191 e. The Hall–Kier alpha value is -2.43. The molecule has 2 N–H and O–H groups in total. The van der Waals surface area contributed by atoms with E-state index in [1.54, 1.807) is 6.33 Å². The first-order chi connectivity index (χ1) is 13.3. The van der Waals surface area contributed by atoms with Crippen molar-refractivity contribution in [3.8, 4) is 11.3 Å². The van der Waals surface area contributed by atoms with Crippen molar-refractivity contribution in [2.75, 3.05) is 13.1 Å². The molecule has 0 atom stereocenters. The van der Waals surface area contributed by atoms with Gasteiger partial charge in [0.1, 0.15) is 17.8 Å². The largest absolute Gasteiger partial charge is 0.357 e. The van der Waals surface area contributed by atoms with Crippen molar-refractivity contribution in [1.82, 2.24) is 30.6 Å². The molecule has 0 aliphatic heterocycles. The number of aromatic nitrogens is 4. The van der Waals surface area contributed by atoms with Crippen LogP contribution in [0, 0.1) is 0 Å². The van der Waals surface area contributed by atoms with Crippen LogP contribution in [0.1, 0.15) is 25.4 Å². The molecule has 0 fully saturated rings. The second-order valence-corrected chi connectivity index (χ2v) is 5.96. The van der Waals surface area contributed by atoms with Gasteiger partial charge < -0.3 is 19.7 Å². The Labute approximate surface area is 181 Å². The SMILES string of the molecule is CCNC(=NCc1cc(-c2ccccc2)on1)NCCn1cnnc1CC.I. The predicted octanol–water partition coefficient (Wildman–Crippen LogP) is 2.87. The summed E-state index contributed by atoms with van der Waals surface area (Å²) in [5.74, 6) is 2.47. The number of aryl methyl sites for hydroxylation is 1. The van der Waals surface area contributed by atoms with Crippen LogP contribution in [0.25, 0.3) is 11.3 Å². The molecule has 2 aromatic heterocycles. The number of guanidine groups is 1. The average molecular weight is 495 g/mol. The molecule has 0 bridgehead atoms. The summed E-state index contributed by atoms with van der Waals surface area (Å²) in [7, 11) is 0. The van der Waals surface area contributed by atoms with Crippen LogP contribution >= 0.6 is 24.0 Å². The molecular formula is C19H26IN7O. The van der Waals surface area contributed by atoms with Gasteiger partial charge in [0.05, 0.1) is 6.54 Å². The highest BCUT2D eigenvalue weighted by Gasteiger charge is 2.07. The van der Waals surface area contributed by atoms with Crippen LogP contribution in [0.15, 0.2) is 52.2 Å². The van der Waals surface area contributed by atoms with Gasteiger partial charge in [0.15, 0.2) is 11.7 Å². The van der Waals surface area contributed by atoms with Crippen LogP contribution in [0.5, 0.6) is 0 Å². The molecule has 3 aromatic rings. The summed E-state index contributed by atoms with van der Waals surface area (Å²) >= 11 is 0. The van der Waals surface area contributed by atoms with Gasteiger partial charge in [-0.2, -0.15) is 0 Å². The fourth-order valence-electron chi connectivity index (χ4n) is 2.66. The highest BCUT2D eigenvalue weighted by molar-refractivity contribution is 14.0. The summed E-state index contributed by atoms with van der Waals surface area (Å²) in [4.78, 5) is 4.58. The fourth-order valence-corrected chi connectivity index (χ4v) is 2.66. The first-order valence-electron chi connectivity index (χ1n) is 9.20. The molecule has 0 saturated heterocycles. The highest BCUT2D eigenvalue weighted by Crippen LogP contribution is 2.19. The number of rotatable bonds is 8. The monoisotopic (exact) mass is 495 g/mol. The topological polar surface area (TPSA) is 93.2 Å². The number of hydrogen-bond acceptors (Lipinski definition) is 5. The smallest absolute Gasteiger partial charge is 0.191 e. The lowest BCUT2D eigenvalue weighted by Crippen LogP contribution is -2.38. The van der Waals surface area contributed by atoms with Gasteiger partial charge in [-0.3, -0.25) is 0 Å². The molecule has 0 aliphatic rings. The molecule has 1 aromatic carbocycles. The number of nitrogens with one attached hydrogen (secondary N) is 2. The molecule has 0 aliphatic carbocycles. The van der Waals surface area contributed by atoms with Gasteiger partial charge in [0.25, 0.3) is 0 Å². The van der Waals surface area contributed by atoms with E-state index in [0.717, 1.165) is 54.9 Å². The minimum Gasteiger partial charge on any atom is -0.357 e. The van der Waals surface area contributed by atoms with Crippen molar-refractivity contribution < 1.29 is 4.52 Å². The first kappa shape index (κ1) is 21.9. The molecule has 3 rings (SSSR count). The Morgan fingerprint density at radius 1 is 1.18 bits per heavy atom. The van der Waals surface area contributed by atoms with Crippen molar-refractivity contribution in [2.45, 2.75) is 33.4 Å². The van der Waals surface area contributed by atoms with E-state index in [1.807, 2.05) is 47.9 Å². The second kappa shape index (κ2) is 11.4. The standard InChI is InChI=1S/C19H25N7O.HI/c1-3-18-24-23-14-26(18)11-10-21-19(20-4-2)22-13-16-12-17(27-25-16)15-8-6-5-7-9-15;/h5-9,12,14H,3-4,10-11,13H2,1-2H3,(H2,20,21,22);1H. The summed E-state index contributed by atoms with van der Waals surface area (Å²) in [6.45, 7) is 6.84. The van der Waals surface area contributed by atoms with Crippen LogP contribution in [0.3, 0.4) is 0 Å². The van der Waals surface area contributed by atoms with Gasteiger partial charge in [-0.05, 0) is 6.92 Å². The van der Waals surface area contributed by atoms with E-state index >= 15 is 0 Å². The fraction of sp³-hybridized carbons (Fsp3) is 0.368. The Morgan fingerprint density at radius 3 is 2.75 bits per heavy atom. The zero-order valence-electron chi connectivity index (χ0n) is 16.1. The maximum atomic E-state index is 5.42. The minimum atomic E-state index is 0. The van der Waals surface area contributed by atoms with E-state index in [4.69, 9.17) is 4.52 Å². The molecular weight excluding hydrogens is 469 g/mol. The molecule has 9 heteroatoms. The zero-order valence-corrected chi connectivity index (χ0v) is 18.5. The molecule has 150 valence electrons. The number of benzene rings is 1. The van der Waals surface area contributed by atoms with Gasteiger partial charge in [-0.15, -0.1) is 34.2 Å². The Bertz CT molecular complexity index is 860. The Kier molecular flexibility index (Phi) is 8.92. The predicted molar refractivity (Wildman–Crippen MR) is 120 cm³/mol. The van der Waals surface area contributed by atoms with E-state index in [-0.39, 0.29) is 24.0 Å². The highest BCUT2D eigenvalue weighted by atomic mass is 127. The third kappa shape index (κ3) is 6.04. The van der Waals surface area contributed by atoms with Crippen LogP contribution in [-0.2, 0) is 19.5 Å². The molecule has 28 heavy (non-hydrogen) atoms. The number of hydrogen-bond donors (Lipinski definition) is 2. The molecule has 0 unspecified atom stereocenters. The molecule has 0 spiro atoms. The summed E-state index contributed by atoms with van der Waals surface area (Å²) in [5.41, 5.74) is 1.80. The third-order valence-electron chi connectivity index (χ3n) is 4.02. The summed E-state index contributed by atoms with van der Waals surface area (Å²) < 4.78 is 7.46. The second-order valence-electron chi connectivity index (χ2n) is 5.96. The van der Waals surface area contributed by atoms with Crippen molar-refractivity contribution in [2.24, 2.45) is 4.99 Å². The Morgan fingerprint density at radius 2 is 2.00 bits per heavy atom. The summed E-state index contributed by atoms with van der Waals surface area (Å²) in [5, 5.41) is 18.7. The van der Waals surface area contributed by atoms with Gasteiger partial charge in [-0.1, -0.05) is 42.4 Å². The first-order valence-corrected chi connectivity index (χ1v) is 9.20. The zero-order chi connectivity index (χ0) is 18.9. The number of aliphatic imine (C=N–C) groups is 1. The molecule has 0 amide bonds. The van der Waals surface area contributed by atoms with Crippen LogP contribution in [-0.4, -0.2) is 39.0 Å². The van der Waals surface area contributed by atoms with Crippen molar-refractivity contribution in [1.29, 1.82) is 0 Å². The lowest BCUT2D eigenvalue weighted by atomic mass is 10.2. The third-order valence-corrected chi connectivity index (χ3v) is 4.02. The average Bonchev–Trinajstić information content (AvgIpc) is 3.36. The van der Waals surface area contributed by atoms with Crippen molar-refractivity contribution in [3.05, 3.63) is 54.2 Å². The quantitative estimate of drug-likeness (QED) is 0.284. The number of halogens is 1. The maximum absolute atomic E-state index is 5.42. The molecule has 8 nitrogen and oxygen atoms in total. The van der Waals surface area contributed by atoms with E-state index in [9.17, 15) is 0 Å². The van der Waals surface area contributed by atoms with Crippen LogP contribution < -0.4 is 10.6 Å². The molecule has 0 radical (unpaired) electrons. The molecule has 2 heterocycles. The van der Waals surface area contributed by atoms with Crippen LogP contribution in [0.4, 0.5) is 0 Å². The van der Waals surface area contributed by atoms with E-state index in [1.165, 1.54) is 0 Å². The lowest BCUT2D eigenvalue weighted by molar-refractivity contribution is 0.424. The van der Waals surface area contributed by atoms with E-state index in [2.05, 4.69) is 37.9 Å². The van der Waals surface area contributed by atoms with E-state index < -0.39 is 0 Å². The lowest BCUT2D eigenvalue weighted by Gasteiger charge is -2.11. The minimum absolute atomic E-state index is 0. The van der Waals surface area contributed by atoms with Gasteiger partial charge in [0.2, 0.25) is 0 Å². The summed E-state index contributed by atoms with van der Waals surface area (Å²) in [6.07, 6.45) is 2.62. The van der Waals surface area contributed by atoms with E-state index in [0.29, 0.717) is 6.54 Å². The Balaban J connectivity index is 0.00000280. The molecule has 0 saturated carbocycles.